The molecule has 2 rings (SSSR count). The normalized spacial score (nSPS) is 25.4. The predicted octanol–water partition coefficient (Wildman–Crippen LogP) is 1.73. The van der Waals surface area contributed by atoms with Crippen LogP contribution in [0, 0.1) is 0 Å². The maximum absolute atomic E-state index is 11.2. The molecule has 1 aliphatic rings. The zero-order valence-corrected chi connectivity index (χ0v) is 9.43. The van der Waals surface area contributed by atoms with Gasteiger partial charge in [-0.25, -0.2) is 4.79 Å². The SMILES string of the molecule is CN1CC(C)(c2ccccc2O)COC1=O. The second-order valence-corrected chi connectivity index (χ2v) is 4.49. The Labute approximate surface area is 94.4 Å². The van der Waals surface area contributed by atoms with Crippen LogP contribution in [0.25, 0.3) is 0 Å². The fraction of sp³-hybridized carbons (Fsp3) is 0.417. The Morgan fingerprint density at radius 3 is 2.75 bits per heavy atom. The fourth-order valence-electron chi connectivity index (χ4n) is 2.11. The number of para-hydroxylation sites is 1. The van der Waals surface area contributed by atoms with Crippen molar-refractivity contribution < 1.29 is 14.6 Å². The molecule has 0 radical (unpaired) electrons. The van der Waals surface area contributed by atoms with Crippen LogP contribution in [0.15, 0.2) is 24.3 Å². The van der Waals surface area contributed by atoms with Gasteiger partial charge in [-0.05, 0) is 6.07 Å². The van der Waals surface area contributed by atoms with Crippen LogP contribution < -0.4 is 0 Å². The van der Waals surface area contributed by atoms with E-state index in [-0.39, 0.29) is 17.3 Å². The molecule has 0 aromatic heterocycles. The summed E-state index contributed by atoms with van der Waals surface area (Å²) < 4.78 is 5.09. The first-order valence-electron chi connectivity index (χ1n) is 5.19. The van der Waals surface area contributed by atoms with Crippen LogP contribution in [0.4, 0.5) is 4.79 Å². The summed E-state index contributed by atoms with van der Waals surface area (Å²) in [4.78, 5) is 12.8. The standard InChI is InChI=1S/C12H15NO3/c1-12(7-13(2)11(15)16-8-12)9-5-3-4-6-10(9)14/h3-6,14H,7-8H2,1-2H3. The Hall–Kier alpha value is -1.71. The molecule has 1 aromatic carbocycles. The number of carbonyl (C=O) groups is 1. The largest absolute Gasteiger partial charge is 0.508 e. The van der Waals surface area contributed by atoms with Gasteiger partial charge in [0.05, 0.1) is 0 Å². The highest BCUT2D eigenvalue weighted by Crippen LogP contribution is 2.34. The maximum Gasteiger partial charge on any atom is 0.409 e. The van der Waals surface area contributed by atoms with Gasteiger partial charge in [0.25, 0.3) is 0 Å². The van der Waals surface area contributed by atoms with Gasteiger partial charge in [-0.15, -0.1) is 0 Å². The number of hydrogen-bond acceptors (Lipinski definition) is 3. The van der Waals surface area contributed by atoms with Crippen LogP contribution in [0.2, 0.25) is 0 Å². The summed E-state index contributed by atoms with van der Waals surface area (Å²) in [7, 11) is 1.69. The minimum Gasteiger partial charge on any atom is -0.508 e. The van der Waals surface area contributed by atoms with Crippen LogP contribution in [-0.2, 0) is 10.2 Å². The number of benzene rings is 1. The van der Waals surface area contributed by atoms with E-state index in [0.717, 1.165) is 5.56 Å². The van der Waals surface area contributed by atoms with Crippen LogP contribution in [0.1, 0.15) is 12.5 Å². The third-order valence-corrected chi connectivity index (χ3v) is 2.97. The number of cyclic esters (lactones) is 1. The Balaban J connectivity index is 2.33. The Morgan fingerprint density at radius 2 is 2.12 bits per heavy atom. The van der Waals surface area contributed by atoms with Crippen LogP contribution >= 0.6 is 0 Å². The van der Waals surface area contributed by atoms with Crippen molar-refractivity contribution in [3.63, 3.8) is 0 Å². The molecule has 16 heavy (non-hydrogen) atoms. The van der Waals surface area contributed by atoms with Crippen molar-refractivity contribution in [1.82, 2.24) is 4.90 Å². The minimum atomic E-state index is -0.353. The van der Waals surface area contributed by atoms with Crippen molar-refractivity contribution in [3.05, 3.63) is 29.8 Å². The molecule has 1 aromatic rings. The molecular weight excluding hydrogens is 206 g/mol. The van der Waals surface area contributed by atoms with Crippen molar-refractivity contribution in [3.8, 4) is 5.75 Å². The van der Waals surface area contributed by atoms with E-state index >= 15 is 0 Å². The van der Waals surface area contributed by atoms with E-state index in [0.29, 0.717) is 13.2 Å². The molecule has 1 N–H and O–H groups in total. The van der Waals surface area contributed by atoms with E-state index < -0.39 is 0 Å². The number of amides is 1. The van der Waals surface area contributed by atoms with Crippen LogP contribution in [0.3, 0.4) is 0 Å². The molecule has 4 heteroatoms. The lowest BCUT2D eigenvalue weighted by atomic mass is 9.81. The lowest BCUT2D eigenvalue weighted by molar-refractivity contribution is 0.0422. The number of carbonyl (C=O) groups excluding carboxylic acids is 1. The van der Waals surface area contributed by atoms with Crippen LogP contribution in [-0.4, -0.2) is 36.3 Å². The fourth-order valence-corrected chi connectivity index (χ4v) is 2.11. The van der Waals surface area contributed by atoms with E-state index in [4.69, 9.17) is 4.74 Å². The average molecular weight is 221 g/mol. The van der Waals surface area contributed by atoms with E-state index in [1.165, 1.54) is 4.90 Å². The van der Waals surface area contributed by atoms with Gasteiger partial charge in [0, 0.05) is 24.6 Å². The molecule has 0 saturated carbocycles. The Morgan fingerprint density at radius 1 is 1.44 bits per heavy atom. The highest BCUT2D eigenvalue weighted by Gasteiger charge is 2.37. The van der Waals surface area contributed by atoms with E-state index in [2.05, 4.69) is 0 Å². The molecular formula is C12H15NO3. The first-order chi connectivity index (χ1) is 7.53. The summed E-state index contributed by atoms with van der Waals surface area (Å²) in [6, 6.07) is 7.16. The molecule has 0 bridgehead atoms. The maximum atomic E-state index is 11.2. The van der Waals surface area contributed by atoms with Crippen LogP contribution in [0.5, 0.6) is 5.75 Å². The highest BCUT2D eigenvalue weighted by molar-refractivity contribution is 5.68. The lowest BCUT2D eigenvalue weighted by Gasteiger charge is -2.38. The number of rotatable bonds is 1. The van der Waals surface area contributed by atoms with Gasteiger partial charge < -0.3 is 14.7 Å². The number of nitrogens with zero attached hydrogens (tertiary/aromatic N) is 1. The van der Waals surface area contributed by atoms with Gasteiger partial charge in [-0.3, -0.25) is 0 Å². The van der Waals surface area contributed by atoms with Crippen molar-refractivity contribution in [2.45, 2.75) is 12.3 Å². The van der Waals surface area contributed by atoms with E-state index in [1.807, 2.05) is 19.1 Å². The van der Waals surface area contributed by atoms with E-state index in [1.54, 1.807) is 19.2 Å². The summed E-state index contributed by atoms with van der Waals surface area (Å²) >= 11 is 0. The first-order valence-corrected chi connectivity index (χ1v) is 5.19. The second-order valence-electron chi connectivity index (χ2n) is 4.49. The molecule has 1 saturated heterocycles. The molecule has 1 unspecified atom stereocenters. The molecule has 1 fully saturated rings. The molecule has 1 aliphatic heterocycles. The van der Waals surface area contributed by atoms with Crippen molar-refractivity contribution in [1.29, 1.82) is 0 Å². The third-order valence-electron chi connectivity index (χ3n) is 2.97. The smallest absolute Gasteiger partial charge is 0.409 e. The van der Waals surface area contributed by atoms with Gasteiger partial charge >= 0.3 is 6.09 Å². The van der Waals surface area contributed by atoms with Gasteiger partial charge in [-0.1, -0.05) is 25.1 Å². The predicted molar refractivity (Wildman–Crippen MR) is 59.4 cm³/mol. The average Bonchev–Trinajstić information content (AvgIpc) is 2.25. The second kappa shape index (κ2) is 3.70. The Kier molecular flexibility index (Phi) is 2.50. The number of aromatic hydroxyl groups is 1. The number of phenols is 1. The zero-order chi connectivity index (χ0) is 11.8. The van der Waals surface area contributed by atoms with Gasteiger partial charge in [0.2, 0.25) is 0 Å². The molecule has 0 spiro atoms. The van der Waals surface area contributed by atoms with E-state index in [9.17, 15) is 9.90 Å². The number of phenolic OH excluding ortho intramolecular Hbond substituents is 1. The highest BCUT2D eigenvalue weighted by atomic mass is 16.6. The molecule has 0 aliphatic carbocycles. The molecule has 86 valence electrons. The number of ether oxygens (including phenoxy) is 1. The zero-order valence-electron chi connectivity index (χ0n) is 9.43. The molecule has 1 heterocycles. The summed E-state index contributed by atoms with van der Waals surface area (Å²) in [5.41, 5.74) is 0.461. The lowest BCUT2D eigenvalue weighted by Crippen LogP contribution is -2.49. The number of likely N-dealkylation sites (N-methyl/N-ethyl adjacent to an activating group) is 1. The number of hydrogen-bond donors (Lipinski definition) is 1. The third kappa shape index (κ3) is 1.71. The summed E-state index contributed by atoms with van der Waals surface area (Å²) in [6.07, 6.45) is -0.312. The molecule has 4 nitrogen and oxygen atoms in total. The Bertz CT molecular complexity index is 418. The quantitative estimate of drug-likeness (QED) is 0.785. The molecule has 1 atom stereocenters. The van der Waals surface area contributed by atoms with Crippen molar-refractivity contribution >= 4 is 6.09 Å². The monoisotopic (exact) mass is 221 g/mol. The van der Waals surface area contributed by atoms with Gasteiger partial charge in [0.15, 0.2) is 0 Å². The summed E-state index contributed by atoms with van der Waals surface area (Å²) in [5.74, 6) is 0.247. The minimum absolute atomic E-state index is 0.247. The van der Waals surface area contributed by atoms with Gasteiger partial charge in [-0.2, -0.15) is 0 Å². The van der Waals surface area contributed by atoms with Gasteiger partial charge in [0.1, 0.15) is 12.4 Å². The van der Waals surface area contributed by atoms with Crippen molar-refractivity contribution in [2.75, 3.05) is 20.2 Å². The summed E-state index contributed by atoms with van der Waals surface area (Å²) in [5, 5.41) is 9.82. The molecule has 1 amide bonds. The van der Waals surface area contributed by atoms with Crippen molar-refractivity contribution in [2.24, 2.45) is 0 Å². The first kappa shape index (κ1) is 10.8. The summed E-state index contributed by atoms with van der Waals surface area (Å²) in [6.45, 7) is 2.82. The topological polar surface area (TPSA) is 49.8 Å².